The number of nitrogens with zero attached hydrogens (tertiary/aromatic N) is 1. The van der Waals surface area contributed by atoms with Gasteiger partial charge in [0.15, 0.2) is 0 Å². The van der Waals surface area contributed by atoms with Crippen LogP contribution in [0.5, 0.6) is 0 Å². The Labute approximate surface area is 120 Å². The molecule has 0 saturated carbocycles. The number of amides is 1. The largest absolute Gasteiger partial charge is 0.477 e. The maximum atomic E-state index is 12.4. The number of aromatic nitrogens is 1. The van der Waals surface area contributed by atoms with E-state index < -0.39 is 24.6 Å². The highest BCUT2D eigenvalue weighted by molar-refractivity contribution is 7.18. The number of carboxylic acids is 1. The van der Waals surface area contributed by atoms with E-state index in [2.05, 4.69) is 5.32 Å². The summed E-state index contributed by atoms with van der Waals surface area (Å²) in [7, 11) is 0. The molecule has 2 rings (SSSR count). The van der Waals surface area contributed by atoms with Crippen molar-refractivity contribution in [2.24, 2.45) is 0 Å². The van der Waals surface area contributed by atoms with Gasteiger partial charge >= 0.3 is 12.1 Å². The highest BCUT2D eigenvalue weighted by atomic mass is 32.1. The molecular weight excluding hydrogens is 309 g/mol. The average Bonchev–Trinajstić information content (AvgIpc) is 2.95. The topological polar surface area (TPSA) is 71.3 Å². The molecule has 21 heavy (non-hydrogen) atoms. The molecule has 0 radical (unpaired) electrons. The number of thiophene rings is 1. The summed E-state index contributed by atoms with van der Waals surface area (Å²) in [6, 6.07) is 5.27. The summed E-state index contributed by atoms with van der Waals surface area (Å²) in [5, 5.41) is 11.4. The number of aromatic carboxylic acids is 1. The van der Waals surface area contributed by atoms with Gasteiger partial charge in [-0.15, -0.1) is 11.3 Å². The number of alkyl halides is 3. The van der Waals surface area contributed by atoms with Crippen LogP contribution in [-0.2, 0) is 6.54 Å². The minimum atomic E-state index is -4.44. The van der Waals surface area contributed by atoms with Gasteiger partial charge in [-0.1, -0.05) is 0 Å². The third-order valence-corrected chi connectivity index (χ3v) is 3.45. The second-order valence-corrected chi connectivity index (χ2v) is 5.14. The first-order valence-electron chi connectivity index (χ1n) is 5.62. The van der Waals surface area contributed by atoms with Crippen LogP contribution in [0.4, 0.5) is 18.2 Å². The zero-order valence-electron chi connectivity index (χ0n) is 10.3. The average molecular weight is 318 g/mol. The summed E-state index contributed by atoms with van der Waals surface area (Å²) in [6.07, 6.45) is -3.28. The van der Waals surface area contributed by atoms with Gasteiger partial charge in [0.2, 0.25) is 0 Å². The maximum Gasteiger partial charge on any atom is 0.406 e. The van der Waals surface area contributed by atoms with Crippen molar-refractivity contribution in [3.05, 3.63) is 41.0 Å². The number of carbonyl (C=O) groups excluding carboxylic acids is 1. The van der Waals surface area contributed by atoms with Gasteiger partial charge in [-0.25, -0.2) is 4.79 Å². The van der Waals surface area contributed by atoms with Crippen molar-refractivity contribution in [1.82, 2.24) is 4.57 Å². The van der Waals surface area contributed by atoms with Gasteiger partial charge in [0.05, 0.1) is 5.00 Å². The number of nitrogens with one attached hydrogen (secondary N) is 1. The van der Waals surface area contributed by atoms with Crippen molar-refractivity contribution in [2.45, 2.75) is 12.7 Å². The summed E-state index contributed by atoms with van der Waals surface area (Å²) in [5.74, 6) is -1.87. The zero-order valence-corrected chi connectivity index (χ0v) is 11.2. The predicted molar refractivity (Wildman–Crippen MR) is 69.7 cm³/mol. The first-order valence-corrected chi connectivity index (χ1v) is 6.44. The Bertz CT molecular complexity index is 675. The number of hydrogen-bond donors (Lipinski definition) is 2. The van der Waals surface area contributed by atoms with Crippen LogP contribution in [-0.4, -0.2) is 27.7 Å². The number of halogens is 3. The van der Waals surface area contributed by atoms with Crippen LogP contribution >= 0.6 is 11.3 Å². The Morgan fingerprint density at radius 1 is 1.29 bits per heavy atom. The predicted octanol–water partition coefficient (Wildman–Crippen LogP) is 3.06. The van der Waals surface area contributed by atoms with Crippen molar-refractivity contribution < 1.29 is 27.9 Å². The summed E-state index contributed by atoms with van der Waals surface area (Å²) < 4.78 is 37.9. The van der Waals surface area contributed by atoms with E-state index in [0.717, 1.165) is 22.1 Å². The lowest BCUT2D eigenvalue weighted by Gasteiger charge is -2.11. The Hall–Kier alpha value is -2.29. The zero-order chi connectivity index (χ0) is 15.6. The first-order chi connectivity index (χ1) is 9.76. The van der Waals surface area contributed by atoms with Gasteiger partial charge in [-0.3, -0.25) is 4.79 Å². The minimum absolute atomic E-state index is 0.0241. The van der Waals surface area contributed by atoms with E-state index in [0.29, 0.717) is 0 Å². The van der Waals surface area contributed by atoms with Gasteiger partial charge in [-0.2, -0.15) is 13.2 Å². The fourth-order valence-corrected chi connectivity index (χ4v) is 2.39. The van der Waals surface area contributed by atoms with E-state index in [1.165, 1.54) is 24.3 Å². The highest BCUT2D eigenvalue weighted by Gasteiger charge is 2.29. The first kappa shape index (κ1) is 15.1. The Morgan fingerprint density at radius 3 is 2.57 bits per heavy atom. The maximum absolute atomic E-state index is 12.4. The van der Waals surface area contributed by atoms with Crippen LogP contribution in [0.25, 0.3) is 0 Å². The van der Waals surface area contributed by atoms with Gasteiger partial charge in [0.1, 0.15) is 17.1 Å². The smallest absolute Gasteiger partial charge is 0.406 e. The van der Waals surface area contributed by atoms with E-state index in [-0.39, 0.29) is 15.6 Å². The molecule has 1 amide bonds. The van der Waals surface area contributed by atoms with Crippen molar-refractivity contribution >= 4 is 28.2 Å². The third-order valence-electron chi connectivity index (χ3n) is 2.47. The number of carbonyl (C=O) groups is 2. The molecule has 0 aliphatic rings. The Kier molecular flexibility index (Phi) is 4.03. The number of anilines is 1. The molecule has 112 valence electrons. The molecule has 0 spiro atoms. The van der Waals surface area contributed by atoms with Gasteiger partial charge in [-0.05, 0) is 24.3 Å². The normalized spacial score (nSPS) is 11.4. The Balaban J connectivity index is 2.13. The van der Waals surface area contributed by atoms with Gasteiger partial charge < -0.3 is 15.0 Å². The molecule has 0 aliphatic heterocycles. The standard InChI is InChI=1S/C12H9F3N2O3S/c13-12(14,15)6-17-5-1-2-7(17)10(18)16-9-4-3-8(21-9)11(19)20/h1-5H,6H2,(H,16,18)(H,19,20). The fourth-order valence-electron chi connectivity index (χ4n) is 1.65. The lowest BCUT2D eigenvalue weighted by atomic mass is 10.4. The fraction of sp³-hybridized carbons (Fsp3) is 0.167. The lowest BCUT2D eigenvalue weighted by Crippen LogP contribution is -2.22. The van der Waals surface area contributed by atoms with Gasteiger partial charge in [0.25, 0.3) is 5.91 Å². The van der Waals surface area contributed by atoms with E-state index in [1.54, 1.807) is 0 Å². The van der Waals surface area contributed by atoms with E-state index in [9.17, 15) is 22.8 Å². The summed E-state index contributed by atoms with van der Waals surface area (Å²) in [6.45, 7) is -1.27. The molecule has 5 nitrogen and oxygen atoms in total. The van der Waals surface area contributed by atoms with E-state index in [1.807, 2.05) is 0 Å². The SMILES string of the molecule is O=C(O)c1ccc(NC(=O)c2cccn2CC(F)(F)F)s1. The molecule has 9 heteroatoms. The number of carboxylic acid groups (broad SMARTS) is 1. The minimum Gasteiger partial charge on any atom is -0.477 e. The van der Waals surface area contributed by atoms with Crippen LogP contribution in [0, 0.1) is 0 Å². The second-order valence-electron chi connectivity index (χ2n) is 4.06. The van der Waals surface area contributed by atoms with Crippen molar-refractivity contribution in [3.63, 3.8) is 0 Å². The molecule has 2 aromatic rings. The molecule has 0 unspecified atom stereocenters. The molecule has 2 aromatic heterocycles. The summed E-state index contributed by atoms with van der Waals surface area (Å²) >= 11 is 0.823. The molecule has 0 aromatic carbocycles. The van der Waals surface area contributed by atoms with Crippen molar-refractivity contribution in [1.29, 1.82) is 0 Å². The summed E-state index contributed by atoms with van der Waals surface area (Å²) in [5.41, 5.74) is -0.155. The summed E-state index contributed by atoms with van der Waals surface area (Å²) in [4.78, 5) is 22.7. The molecule has 0 bridgehead atoms. The van der Waals surface area contributed by atoms with Crippen LogP contribution < -0.4 is 5.32 Å². The Morgan fingerprint density at radius 2 is 2.00 bits per heavy atom. The molecule has 0 aliphatic carbocycles. The molecule has 0 saturated heterocycles. The van der Waals surface area contributed by atoms with E-state index in [4.69, 9.17) is 5.11 Å². The lowest BCUT2D eigenvalue weighted by molar-refractivity contribution is -0.140. The van der Waals surface area contributed by atoms with Crippen LogP contribution in [0.1, 0.15) is 20.2 Å². The monoisotopic (exact) mass is 318 g/mol. The molecule has 0 atom stereocenters. The number of rotatable bonds is 4. The highest BCUT2D eigenvalue weighted by Crippen LogP contribution is 2.23. The van der Waals surface area contributed by atoms with Crippen LogP contribution in [0.2, 0.25) is 0 Å². The quantitative estimate of drug-likeness (QED) is 0.910. The molecule has 2 N–H and O–H groups in total. The molecule has 2 heterocycles. The van der Waals surface area contributed by atoms with Crippen LogP contribution in [0.3, 0.4) is 0 Å². The van der Waals surface area contributed by atoms with E-state index >= 15 is 0 Å². The number of hydrogen-bond acceptors (Lipinski definition) is 3. The van der Waals surface area contributed by atoms with Crippen LogP contribution in [0.15, 0.2) is 30.5 Å². The second kappa shape index (κ2) is 5.60. The molecular formula is C12H9F3N2O3S. The molecule has 0 fully saturated rings. The van der Waals surface area contributed by atoms with Gasteiger partial charge in [0, 0.05) is 6.20 Å². The van der Waals surface area contributed by atoms with Crippen molar-refractivity contribution in [3.8, 4) is 0 Å². The van der Waals surface area contributed by atoms with Crippen molar-refractivity contribution in [2.75, 3.05) is 5.32 Å². The third kappa shape index (κ3) is 3.85.